The third kappa shape index (κ3) is 2.02. The van der Waals surface area contributed by atoms with Crippen LogP contribution in [0.25, 0.3) is 0 Å². The number of carbonyl (C=O) groups excluding carboxylic acids is 1. The largest absolute Gasteiger partial charge is 0.340 e. The SMILES string of the molecule is O=C(c1cc(Cl)c(Cl)[nH]1)N1CCCC2CNCC21. The van der Waals surface area contributed by atoms with Crippen molar-refractivity contribution in [3.8, 4) is 0 Å². The van der Waals surface area contributed by atoms with E-state index in [1.807, 2.05) is 4.90 Å². The number of carbonyl (C=O) groups is 1. The minimum Gasteiger partial charge on any atom is -0.340 e. The van der Waals surface area contributed by atoms with E-state index in [0.29, 0.717) is 27.8 Å². The number of hydrogen-bond donors (Lipinski definition) is 2. The van der Waals surface area contributed by atoms with E-state index >= 15 is 0 Å². The Morgan fingerprint density at radius 3 is 2.94 bits per heavy atom. The lowest BCUT2D eigenvalue weighted by Gasteiger charge is -2.36. The first kappa shape index (κ1) is 12.3. The van der Waals surface area contributed by atoms with E-state index in [1.54, 1.807) is 6.07 Å². The van der Waals surface area contributed by atoms with Gasteiger partial charge in [-0.1, -0.05) is 23.2 Å². The summed E-state index contributed by atoms with van der Waals surface area (Å²) in [6.07, 6.45) is 2.27. The van der Waals surface area contributed by atoms with Crippen LogP contribution in [0.15, 0.2) is 6.07 Å². The van der Waals surface area contributed by atoms with Crippen LogP contribution in [0.2, 0.25) is 10.2 Å². The van der Waals surface area contributed by atoms with Crippen molar-refractivity contribution in [2.75, 3.05) is 19.6 Å². The predicted octanol–water partition coefficient (Wildman–Crippen LogP) is 2.15. The second-order valence-corrected chi connectivity index (χ2v) is 5.76. The summed E-state index contributed by atoms with van der Waals surface area (Å²) in [7, 11) is 0. The molecule has 0 spiro atoms. The fourth-order valence-electron chi connectivity index (χ4n) is 2.99. The van der Waals surface area contributed by atoms with Crippen LogP contribution in [-0.2, 0) is 0 Å². The molecule has 0 aliphatic carbocycles. The molecule has 2 unspecified atom stereocenters. The molecule has 4 nitrogen and oxygen atoms in total. The number of hydrogen-bond acceptors (Lipinski definition) is 2. The van der Waals surface area contributed by atoms with Gasteiger partial charge in [-0.05, 0) is 24.8 Å². The Hall–Kier alpha value is -0.710. The normalized spacial score (nSPS) is 27.3. The van der Waals surface area contributed by atoms with Crippen LogP contribution in [0.1, 0.15) is 23.3 Å². The molecule has 2 aliphatic rings. The molecule has 0 saturated carbocycles. The monoisotopic (exact) mass is 287 g/mol. The van der Waals surface area contributed by atoms with Crippen molar-refractivity contribution in [3.63, 3.8) is 0 Å². The minimum atomic E-state index is 0.00204. The number of halogens is 2. The highest BCUT2D eigenvalue weighted by atomic mass is 35.5. The second-order valence-electron chi connectivity index (χ2n) is 4.97. The Kier molecular flexibility index (Phi) is 3.26. The molecule has 1 amide bonds. The summed E-state index contributed by atoms with van der Waals surface area (Å²) >= 11 is 11.7. The molecule has 1 aromatic rings. The Morgan fingerprint density at radius 2 is 2.22 bits per heavy atom. The van der Waals surface area contributed by atoms with E-state index < -0.39 is 0 Å². The average Bonchev–Trinajstić information content (AvgIpc) is 2.95. The van der Waals surface area contributed by atoms with Crippen LogP contribution in [0, 0.1) is 5.92 Å². The molecule has 2 saturated heterocycles. The molecule has 0 aromatic carbocycles. The third-order valence-corrected chi connectivity index (χ3v) is 4.59. The quantitative estimate of drug-likeness (QED) is 0.832. The van der Waals surface area contributed by atoms with E-state index in [2.05, 4.69) is 10.3 Å². The maximum atomic E-state index is 12.5. The number of rotatable bonds is 1. The zero-order chi connectivity index (χ0) is 12.7. The predicted molar refractivity (Wildman–Crippen MR) is 71.2 cm³/mol. The summed E-state index contributed by atoms with van der Waals surface area (Å²) < 4.78 is 0. The summed E-state index contributed by atoms with van der Waals surface area (Å²) in [4.78, 5) is 17.3. The van der Waals surface area contributed by atoms with Crippen molar-refractivity contribution in [3.05, 3.63) is 21.9 Å². The summed E-state index contributed by atoms with van der Waals surface area (Å²) in [5, 5.41) is 4.09. The first-order chi connectivity index (χ1) is 8.66. The molecule has 2 fully saturated rings. The Bertz CT molecular complexity index is 454. The maximum absolute atomic E-state index is 12.5. The first-order valence-electron chi connectivity index (χ1n) is 6.22. The molecule has 3 heterocycles. The molecular weight excluding hydrogens is 273 g/mol. The highest BCUT2D eigenvalue weighted by Crippen LogP contribution is 2.29. The van der Waals surface area contributed by atoms with E-state index in [1.165, 1.54) is 6.42 Å². The summed E-state index contributed by atoms with van der Waals surface area (Å²) in [6.45, 7) is 2.72. The highest BCUT2D eigenvalue weighted by Gasteiger charge is 2.38. The standard InChI is InChI=1S/C12H15Cl2N3O/c13-8-4-9(16-11(8)14)12(18)17-3-1-2-7-5-15-6-10(7)17/h4,7,10,15-16H,1-3,5-6H2. The van der Waals surface area contributed by atoms with Gasteiger partial charge in [-0.3, -0.25) is 4.79 Å². The lowest BCUT2D eigenvalue weighted by atomic mass is 9.92. The molecule has 1 aromatic heterocycles. The zero-order valence-electron chi connectivity index (χ0n) is 9.88. The highest BCUT2D eigenvalue weighted by molar-refractivity contribution is 6.41. The topological polar surface area (TPSA) is 48.1 Å². The number of aromatic nitrogens is 1. The molecule has 2 aliphatic heterocycles. The van der Waals surface area contributed by atoms with Gasteiger partial charge >= 0.3 is 0 Å². The van der Waals surface area contributed by atoms with Crippen LogP contribution < -0.4 is 5.32 Å². The van der Waals surface area contributed by atoms with Crippen molar-refractivity contribution >= 4 is 29.1 Å². The third-order valence-electron chi connectivity index (χ3n) is 3.89. The van der Waals surface area contributed by atoms with Gasteiger partial charge in [0.25, 0.3) is 5.91 Å². The van der Waals surface area contributed by atoms with Gasteiger partial charge in [0.05, 0.1) is 5.02 Å². The Morgan fingerprint density at radius 1 is 1.39 bits per heavy atom. The Balaban J connectivity index is 1.83. The van der Waals surface area contributed by atoms with Gasteiger partial charge in [0.15, 0.2) is 0 Å². The fraction of sp³-hybridized carbons (Fsp3) is 0.583. The lowest BCUT2D eigenvalue weighted by Crippen LogP contribution is -2.48. The van der Waals surface area contributed by atoms with Crippen LogP contribution in [-0.4, -0.2) is 41.5 Å². The molecular formula is C12H15Cl2N3O. The van der Waals surface area contributed by atoms with Gasteiger partial charge in [0.2, 0.25) is 0 Å². The van der Waals surface area contributed by atoms with Gasteiger partial charge in [0, 0.05) is 25.7 Å². The number of nitrogens with one attached hydrogen (secondary N) is 2. The van der Waals surface area contributed by atoms with Gasteiger partial charge in [-0.15, -0.1) is 0 Å². The number of piperidine rings is 1. The molecule has 0 radical (unpaired) electrons. The van der Waals surface area contributed by atoms with Crippen molar-refractivity contribution in [1.29, 1.82) is 0 Å². The number of fused-ring (bicyclic) bond motifs is 1. The second kappa shape index (κ2) is 4.76. The number of H-pyrrole nitrogens is 1. The molecule has 18 heavy (non-hydrogen) atoms. The molecule has 0 bridgehead atoms. The molecule has 2 atom stereocenters. The summed E-state index contributed by atoms with van der Waals surface area (Å²) in [5.74, 6) is 0.589. The van der Waals surface area contributed by atoms with Crippen LogP contribution in [0.5, 0.6) is 0 Å². The van der Waals surface area contributed by atoms with Crippen LogP contribution in [0.3, 0.4) is 0 Å². The van der Waals surface area contributed by atoms with Crippen molar-refractivity contribution < 1.29 is 4.79 Å². The van der Waals surface area contributed by atoms with Crippen LogP contribution >= 0.6 is 23.2 Å². The summed E-state index contributed by atoms with van der Waals surface area (Å²) in [6, 6.07) is 1.92. The average molecular weight is 288 g/mol. The lowest BCUT2D eigenvalue weighted by molar-refractivity contribution is 0.0569. The fourth-order valence-corrected chi connectivity index (χ4v) is 3.31. The number of nitrogens with zero attached hydrogens (tertiary/aromatic N) is 1. The number of aromatic amines is 1. The number of likely N-dealkylation sites (tertiary alicyclic amines) is 1. The maximum Gasteiger partial charge on any atom is 0.270 e. The number of amides is 1. The van der Waals surface area contributed by atoms with Gasteiger partial charge < -0.3 is 15.2 Å². The smallest absolute Gasteiger partial charge is 0.270 e. The molecule has 98 valence electrons. The molecule has 2 N–H and O–H groups in total. The zero-order valence-corrected chi connectivity index (χ0v) is 11.4. The van der Waals surface area contributed by atoms with Crippen molar-refractivity contribution in [2.45, 2.75) is 18.9 Å². The van der Waals surface area contributed by atoms with Gasteiger partial charge in [-0.2, -0.15) is 0 Å². The minimum absolute atomic E-state index is 0.00204. The Labute approximate surface area is 116 Å². The van der Waals surface area contributed by atoms with Crippen LogP contribution in [0.4, 0.5) is 0 Å². The van der Waals surface area contributed by atoms with E-state index in [4.69, 9.17) is 23.2 Å². The van der Waals surface area contributed by atoms with Crippen molar-refractivity contribution in [2.24, 2.45) is 5.92 Å². The van der Waals surface area contributed by atoms with Gasteiger partial charge in [-0.25, -0.2) is 0 Å². The van der Waals surface area contributed by atoms with Gasteiger partial charge in [0.1, 0.15) is 10.8 Å². The summed E-state index contributed by atoms with van der Waals surface area (Å²) in [5.41, 5.74) is 0.484. The van der Waals surface area contributed by atoms with E-state index in [-0.39, 0.29) is 5.91 Å². The van der Waals surface area contributed by atoms with Crippen molar-refractivity contribution in [1.82, 2.24) is 15.2 Å². The van der Waals surface area contributed by atoms with E-state index in [9.17, 15) is 4.79 Å². The molecule has 3 rings (SSSR count). The first-order valence-corrected chi connectivity index (χ1v) is 6.98. The van der Waals surface area contributed by atoms with E-state index in [0.717, 1.165) is 26.1 Å². The molecule has 6 heteroatoms.